The van der Waals surface area contributed by atoms with Gasteiger partial charge in [-0.2, -0.15) is 9.40 Å². The first-order valence-corrected chi connectivity index (χ1v) is 15.0. The van der Waals surface area contributed by atoms with Crippen molar-refractivity contribution in [1.29, 1.82) is 0 Å². The van der Waals surface area contributed by atoms with Crippen molar-refractivity contribution >= 4 is 33.3 Å². The zero-order valence-corrected chi connectivity index (χ0v) is 25.2. The standard InChI is InChI=1S/C29H31F2N7O5S/c1-29(2)25-22(16-38(29)44(41,42)20-13-17(30)12-18(31)14-20)26(36-35-25)34-27(39)21-8-7-19(43-11-10-37(3)4)15-24(21)33-28(40)23-6-5-9-32-23/h5-9,12-15,32H,10-11,16H2,1-4H3,(H,33,40)(H2,34,35,36,39). The van der Waals surface area contributed by atoms with Crippen LogP contribution in [0.5, 0.6) is 5.75 Å². The second-order valence-corrected chi connectivity index (χ2v) is 12.8. The third kappa shape index (κ3) is 6.06. The number of H-pyrrole nitrogens is 2. The number of ether oxygens (including phenoxy) is 1. The fourth-order valence-electron chi connectivity index (χ4n) is 4.88. The van der Waals surface area contributed by atoms with Crippen LogP contribution in [-0.4, -0.2) is 71.9 Å². The fourth-order valence-corrected chi connectivity index (χ4v) is 6.65. The summed E-state index contributed by atoms with van der Waals surface area (Å²) in [7, 11) is -0.552. The predicted molar refractivity (Wildman–Crippen MR) is 158 cm³/mol. The van der Waals surface area contributed by atoms with Crippen LogP contribution < -0.4 is 15.4 Å². The lowest BCUT2D eigenvalue weighted by molar-refractivity contribution is 0.102. The van der Waals surface area contributed by atoms with Gasteiger partial charge in [0.25, 0.3) is 11.8 Å². The summed E-state index contributed by atoms with van der Waals surface area (Å²) in [5, 5.41) is 12.4. The Bertz CT molecular complexity index is 1800. The van der Waals surface area contributed by atoms with Crippen LogP contribution in [0.2, 0.25) is 0 Å². The molecule has 0 saturated carbocycles. The number of amides is 2. The number of hydrogen-bond donors (Lipinski definition) is 4. The molecule has 2 amide bonds. The highest BCUT2D eigenvalue weighted by Crippen LogP contribution is 2.44. The van der Waals surface area contributed by atoms with Gasteiger partial charge in [0.2, 0.25) is 10.0 Å². The van der Waals surface area contributed by atoms with Crippen molar-refractivity contribution in [1.82, 2.24) is 24.4 Å². The number of hydrogen-bond acceptors (Lipinski definition) is 7. The van der Waals surface area contributed by atoms with Crippen LogP contribution in [-0.2, 0) is 22.1 Å². The molecule has 3 heterocycles. The van der Waals surface area contributed by atoms with Gasteiger partial charge in [-0.1, -0.05) is 0 Å². The topological polar surface area (TPSA) is 153 Å². The molecule has 15 heteroatoms. The average molecular weight is 628 g/mol. The van der Waals surface area contributed by atoms with E-state index in [1.54, 1.807) is 38.2 Å². The van der Waals surface area contributed by atoms with Gasteiger partial charge >= 0.3 is 0 Å². The van der Waals surface area contributed by atoms with Crippen molar-refractivity contribution in [2.24, 2.45) is 0 Å². The number of halogens is 2. The second kappa shape index (κ2) is 11.8. The van der Waals surface area contributed by atoms with Gasteiger partial charge in [-0.25, -0.2) is 17.2 Å². The van der Waals surface area contributed by atoms with E-state index in [4.69, 9.17) is 4.74 Å². The SMILES string of the molecule is CN(C)CCOc1ccc(C(=O)Nc2n[nH]c3c2CN(S(=O)(=O)c2cc(F)cc(F)c2)C3(C)C)c(NC(=O)c2ccc[nH]2)c1. The highest BCUT2D eigenvalue weighted by Gasteiger charge is 2.48. The van der Waals surface area contributed by atoms with E-state index >= 15 is 0 Å². The molecule has 0 atom stereocenters. The molecule has 0 radical (unpaired) electrons. The lowest BCUT2D eigenvalue weighted by Gasteiger charge is -2.30. The van der Waals surface area contributed by atoms with Crippen molar-refractivity contribution in [3.05, 3.63) is 88.9 Å². The summed E-state index contributed by atoms with van der Waals surface area (Å²) >= 11 is 0. The monoisotopic (exact) mass is 627 g/mol. The number of aromatic nitrogens is 3. The number of aromatic amines is 2. The first kappa shape index (κ1) is 30.8. The minimum Gasteiger partial charge on any atom is -0.492 e. The van der Waals surface area contributed by atoms with E-state index in [9.17, 15) is 26.8 Å². The minimum atomic E-state index is -4.36. The predicted octanol–water partition coefficient (Wildman–Crippen LogP) is 3.90. The quantitative estimate of drug-likeness (QED) is 0.208. The summed E-state index contributed by atoms with van der Waals surface area (Å²) in [6.45, 7) is 4.01. The Morgan fingerprint density at radius 2 is 1.80 bits per heavy atom. The molecule has 1 aliphatic rings. The van der Waals surface area contributed by atoms with Gasteiger partial charge in [0.05, 0.1) is 27.4 Å². The molecule has 2 aromatic heterocycles. The lowest BCUT2D eigenvalue weighted by atomic mass is 10.0. The zero-order chi connectivity index (χ0) is 31.8. The fraction of sp³-hybridized carbons (Fsp3) is 0.276. The highest BCUT2D eigenvalue weighted by molar-refractivity contribution is 7.89. The Balaban J connectivity index is 1.42. The van der Waals surface area contributed by atoms with Crippen molar-refractivity contribution in [2.75, 3.05) is 37.9 Å². The summed E-state index contributed by atoms with van der Waals surface area (Å²) in [5.74, 6) is -2.67. The van der Waals surface area contributed by atoms with Crippen LogP contribution in [0.1, 0.15) is 46.0 Å². The third-order valence-electron chi connectivity index (χ3n) is 7.19. The summed E-state index contributed by atoms with van der Waals surface area (Å²) in [4.78, 5) is 30.6. The van der Waals surface area contributed by atoms with E-state index in [1.165, 1.54) is 12.1 Å². The van der Waals surface area contributed by atoms with Crippen molar-refractivity contribution in [3.63, 3.8) is 0 Å². The van der Waals surface area contributed by atoms with Crippen LogP contribution in [0.3, 0.4) is 0 Å². The number of fused-ring (bicyclic) bond motifs is 1. The second-order valence-electron chi connectivity index (χ2n) is 11.0. The molecule has 4 N–H and O–H groups in total. The number of benzene rings is 2. The minimum absolute atomic E-state index is 0.0640. The Kier molecular flexibility index (Phi) is 8.29. The molecule has 2 aromatic carbocycles. The van der Waals surface area contributed by atoms with Gasteiger partial charge in [0.15, 0.2) is 5.82 Å². The largest absolute Gasteiger partial charge is 0.492 e. The van der Waals surface area contributed by atoms with E-state index in [-0.39, 0.29) is 29.3 Å². The Morgan fingerprint density at radius 3 is 2.45 bits per heavy atom. The zero-order valence-electron chi connectivity index (χ0n) is 24.4. The molecule has 0 spiro atoms. The number of nitrogens with one attached hydrogen (secondary N) is 4. The summed E-state index contributed by atoms with van der Waals surface area (Å²) in [6, 6.07) is 9.96. The summed E-state index contributed by atoms with van der Waals surface area (Å²) in [6.07, 6.45) is 1.59. The van der Waals surface area contributed by atoms with E-state index in [0.717, 1.165) is 16.4 Å². The van der Waals surface area contributed by atoms with Crippen LogP contribution in [0.15, 0.2) is 59.6 Å². The highest BCUT2D eigenvalue weighted by atomic mass is 32.2. The molecule has 0 aliphatic carbocycles. The van der Waals surface area contributed by atoms with E-state index < -0.39 is 43.9 Å². The van der Waals surface area contributed by atoms with Gasteiger partial charge in [0, 0.05) is 37.0 Å². The van der Waals surface area contributed by atoms with Crippen LogP contribution in [0.25, 0.3) is 0 Å². The molecule has 0 bridgehead atoms. The number of carbonyl (C=O) groups excluding carboxylic acids is 2. The molecule has 232 valence electrons. The molecule has 0 fully saturated rings. The maximum Gasteiger partial charge on any atom is 0.272 e. The number of nitrogens with zero attached hydrogens (tertiary/aromatic N) is 3. The van der Waals surface area contributed by atoms with Gasteiger partial charge in [-0.3, -0.25) is 14.7 Å². The number of rotatable bonds is 10. The Hall–Kier alpha value is -4.60. The third-order valence-corrected chi connectivity index (χ3v) is 9.19. The van der Waals surface area contributed by atoms with Crippen molar-refractivity contribution in [3.8, 4) is 5.75 Å². The lowest BCUT2D eigenvalue weighted by Crippen LogP contribution is -2.40. The van der Waals surface area contributed by atoms with Crippen LogP contribution >= 0.6 is 0 Å². The maximum absolute atomic E-state index is 13.9. The normalized spacial score (nSPS) is 14.4. The molecule has 0 saturated heterocycles. The van der Waals surface area contributed by atoms with Crippen LogP contribution in [0.4, 0.5) is 20.3 Å². The average Bonchev–Trinajstić information content (AvgIpc) is 3.67. The van der Waals surface area contributed by atoms with Gasteiger partial charge < -0.3 is 25.3 Å². The van der Waals surface area contributed by atoms with E-state index in [2.05, 4.69) is 25.8 Å². The molecule has 5 rings (SSSR count). The molecule has 4 aromatic rings. The van der Waals surface area contributed by atoms with Gasteiger partial charge in [-0.05, 0) is 64.3 Å². The number of sulfonamides is 1. The Morgan fingerprint density at radius 1 is 1.07 bits per heavy atom. The van der Waals surface area contributed by atoms with E-state index in [0.29, 0.717) is 36.2 Å². The van der Waals surface area contributed by atoms with E-state index in [1.807, 2.05) is 19.0 Å². The smallest absolute Gasteiger partial charge is 0.272 e. The van der Waals surface area contributed by atoms with Crippen molar-refractivity contribution in [2.45, 2.75) is 30.8 Å². The van der Waals surface area contributed by atoms with Gasteiger partial charge in [0.1, 0.15) is 29.7 Å². The first-order chi connectivity index (χ1) is 20.8. The number of anilines is 2. The number of carbonyl (C=O) groups is 2. The summed E-state index contributed by atoms with van der Waals surface area (Å²) < 4.78 is 61.6. The summed E-state index contributed by atoms with van der Waals surface area (Å²) in [5.41, 5.74) is 0.130. The first-order valence-electron chi connectivity index (χ1n) is 13.5. The maximum atomic E-state index is 13.9. The van der Waals surface area contributed by atoms with Crippen LogP contribution in [0, 0.1) is 11.6 Å². The van der Waals surface area contributed by atoms with Crippen molar-refractivity contribution < 1.29 is 31.5 Å². The molecular weight excluding hydrogens is 596 g/mol. The Labute approximate surface area is 252 Å². The molecule has 44 heavy (non-hydrogen) atoms. The molecule has 1 aliphatic heterocycles. The molecule has 12 nitrogen and oxygen atoms in total. The molecular formula is C29H31F2N7O5S. The molecule has 0 unspecified atom stereocenters. The number of likely N-dealkylation sites (N-methyl/N-ethyl adjacent to an activating group) is 1. The van der Waals surface area contributed by atoms with Gasteiger partial charge in [-0.15, -0.1) is 0 Å².